The highest BCUT2D eigenvalue weighted by atomic mass is 16.5. The van der Waals surface area contributed by atoms with E-state index in [0.29, 0.717) is 6.42 Å². The molecular weight excluding hydrogens is 240 g/mol. The third-order valence-electron chi connectivity index (χ3n) is 3.77. The van der Waals surface area contributed by atoms with Gasteiger partial charge in [0.25, 0.3) is 0 Å². The molecular formula is C15H22N2O2. The summed E-state index contributed by atoms with van der Waals surface area (Å²) in [5, 5.41) is 0. The van der Waals surface area contributed by atoms with Gasteiger partial charge in [-0.25, -0.2) is 0 Å². The maximum Gasteiger partial charge on any atom is 0.239 e. The molecule has 1 aliphatic rings. The average molecular weight is 262 g/mol. The molecule has 1 saturated heterocycles. The second kappa shape index (κ2) is 6.06. The minimum absolute atomic E-state index is 0.0628. The third kappa shape index (κ3) is 2.89. The standard InChI is InChI=1S/C15H22N2O2/c1-3-13(16)15(18)17-9-5-8-14(17)11-6-4-7-12(10-11)19-2/h4,6-7,10,13-14H,3,5,8-9,16H2,1-2H3/t13-,14?/m0/s1. The summed E-state index contributed by atoms with van der Waals surface area (Å²) >= 11 is 0. The number of carbonyl (C=O) groups excluding carboxylic acids is 1. The van der Waals surface area contributed by atoms with Gasteiger partial charge in [0.2, 0.25) is 5.91 Å². The quantitative estimate of drug-likeness (QED) is 0.904. The molecule has 1 aromatic rings. The topological polar surface area (TPSA) is 55.6 Å². The second-order valence-corrected chi connectivity index (χ2v) is 4.98. The van der Waals surface area contributed by atoms with Crippen LogP contribution in [0.3, 0.4) is 0 Å². The molecule has 1 amide bonds. The Hall–Kier alpha value is -1.55. The zero-order valence-corrected chi connectivity index (χ0v) is 11.6. The lowest BCUT2D eigenvalue weighted by Crippen LogP contribution is -2.43. The molecule has 2 rings (SSSR count). The minimum atomic E-state index is -0.383. The molecule has 1 aromatic carbocycles. The summed E-state index contributed by atoms with van der Waals surface area (Å²) in [5.74, 6) is 0.893. The Balaban J connectivity index is 2.20. The van der Waals surface area contributed by atoms with Crippen LogP contribution in [0, 0.1) is 0 Å². The van der Waals surface area contributed by atoms with Crippen LogP contribution in [0.4, 0.5) is 0 Å². The molecule has 0 aliphatic carbocycles. The Morgan fingerprint density at radius 2 is 2.37 bits per heavy atom. The van der Waals surface area contributed by atoms with Crippen molar-refractivity contribution in [1.82, 2.24) is 4.90 Å². The van der Waals surface area contributed by atoms with E-state index in [2.05, 4.69) is 6.07 Å². The fourth-order valence-corrected chi connectivity index (χ4v) is 2.61. The number of ether oxygens (including phenoxy) is 1. The van der Waals surface area contributed by atoms with E-state index in [9.17, 15) is 4.79 Å². The number of carbonyl (C=O) groups is 1. The summed E-state index contributed by atoms with van der Waals surface area (Å²) in [6.45, 7) is 2.74. The van der Waals surface area contributed by atoms with Crippen molar-refractivity contribution in [2.24, 2.45) is 5.73 Å². The van der Waals surface area contributed by atoms with Crippen LogP contribution in [0.15, 0.2) is 24.3 Å². The predicted molar refractivity (Wildman–Crippen MR) is 74.9 cm³/mol. The predicted octanol–water partition coefficient (Wildman–Crippen LogP) is 2.10. The maximum absolute atomic E-state index is 12.3. The van der Waals surface area contributed by atoms with Crippen LogP contribution in [0.1, 0.15) is 37.8 Å². The first-order valence-electron chi connectivity index (χ1n) is 6.87. The largest absolute Gasteiger partial charge is 0.497 e. The van der Waals surface area contributed by atoms with Crippen molar-refractivity contribution in [3.63, 3.8) is 0 Å². The zero-order valence-electron chi connectivity index (χ0n) is 11.6. The van der Waals surface area contributed by atoms with Crippen LogP contribution in [-0.2, 0) is 4.79 Å². The number of methoxy groups -OCH3 is 1. The van der Waals surface area contributed by atoms with Crippen molar-refractivity contribution in [3.8, 4) is 5.75 Å². The van der Waals surface area contributed by atoms with Crippen LogP contribution in [0.25, 0.3) is 0 Å². The molecule has 19 heavy (non-hydrogen) atoms. The van der Waals surface area contributed by atoms with E-state index in [1.807, 2.05) is 30.0 Å². The highest BCUT2D eigenvalue weighted by Crippen LogP contribution is 2.33. The van der Waals surface area contributed by atoms with Crippen molar-refractivity contribution in [2.75, 3.05) is 13.7 Å². The fourth-order valence-electron chi connectivity index (χ4n) is 2.61. The van der Waals surface area contributed by atoms with Crippen LogP contribution in [0.5, 0.6) is 5.75 Å². The number of rotatable bonds is 4. The van der Waals surface area contributed by atoms with Crippen molar-refractivity contribution in [3.05, 3.63) is 29.8 Å². The van der Waals surface area contributed by atoms with E-state index in [0.717, 1.165) is 30.7 Å². The molecule has 1 heterocycles. The molecule has 1 fully saturated rings. The lowest BCUT2D eigenvalue weighted by molar-refractivity contribution is -0.133. The highest BCUT2D eigenvalue weighted by molar-refractivity contribution is 5.82. The van der Waals surface area contributed by atoms with Crippen LogP contribution < -0.4 is 10.5 Å². The second-order valence-electron chi connectivity index (χ2n) is 4.98. The summed E-state index contributed by atoms with van der Waals surface area (Å²) in [6, 6.07) is 7.70. The molecule has 0 spiro atoms. The number of likely N-dealkylation sites (tertiary alicyclic amines) is 1. The smallest absolute Gasteiger partial charge is 0.239 e. The zero-order chi connectivity index (χ0) is 13.8. The van der Waals surface area contributed by atoms with Crippen molar-refractivity contribution < 1.29 is 9.53 Å². The van der Waals surface area contributed by atoms with Crippen LogP contribution in [-0.4, -0.2) is 30.5 Å². The van der Waals surface area contributed by atoms with Crippen LogP contribution in [0.2, 0.25) is 0 Å². The van der Waals surface area contributed by atoms with Gasteiger partial charge >= 0.3 is 0 Å². The number of benzene rings is 1. The molecule has 0 saturated carbocycles. The fraction of sp³-hybridized carbons (Fsp3) is 0.533. The van der Waals surface area contributed by atoms with Crippen LogP contribution >= 0.6 is 0 Å². The van der Waals surface area contributed by atoms with Gasteiger partial charge in [-0.15, -0.1) is 0 Å². The van der Waals surface area contributed by atoms with E-state index in [4.69, 9.17) is 10.5 Å². The SMILES string of the molecule is CC[C@H](N)C(=O)N1CCCC1c1cccc(OC)c1. The van der Waals surface area contributed by atoms with E-state index in [-0.39, 0.29) is 18.0 Å². The van der Waals surface area contributed by atoms with Crippen molar-refractivity contribution >= 4 is 5.91 Å². The Morgan fingerprint density at radius 1 is 1.58 bits per heavy atom. The summed E-state index contributed by atoms with van der Waals surface area (Å²) < 4.78 is 5.25. The van der Waals surface area contributed by atoms with E-state index in [1.54, 1.807) is 7.11 Å². The third-order valence-corrected chi connectivity index (χ3v) is 3.77. The molecule has 2 N–H and O–H groups in total. The summed E-state index contributed by atoms with van der Waals surface area (Å²) in [4.78, 5) is 14.2. The van der Waals surface area contributed by atoms with Gasteiger partial charge in [-0.05, 0) is 37.0 Å². The first kappa shape index (κ1) is 13.9. The summed E-state index contributed by atoms with van der Waals surface area (Å²) in [7, 11) is 1.66. The molecule has 1 aliphatic heterocycles. The van der Waals surface area contributed by atoms with E-state index >= 15 is 0 Å². The van der Waals surface area contributed by atoms with E-state index < -0.39 is 0 Å². The molecule has 1 unspecified atom stereocenters. The first-order valence-corrected chi connectivity index (χ1v) is 6.87. The van der Waals surface area contributed by atoms with Gasteiger partial charge in [-0.3, -0.25) is 4.79 Å². The minimum Gasteiger partial charge on any atom is -0.497 e. The van der Waals surface area contributed by atoms with Crippen molar-refractivity contribution in [1.29, 1.82) is 0 Å². The summed E-state index contributed by atoms with van der Waals surface area (Å²) in [6.07, 6.45) is 2.71. The molecule has 2 atom stereocenters. The molecule has 0 bridgehead atoms. The Morgan fingerprint density at radius 3 is 3.05 bits per heavy atom. The van der Waals surface area contributed by atoms with Gasteiger partial charge in [-0.1, -0.05) is 19.1 Å². The molecule has 4 nitrogen and oxygen atoms in total. The number of amides is 1. The van der Waals surface area contributed by atoms with Gasteiger partial charge in [0.05, 0.1) is 19.2 Å². The molecule has 104 valence electrons. The van der Waals surface area contributed by atoms with Gasteiger partial charge < -0.3 is 15.4 Å². The first-order chi connectivity index (χ1) is 9.17. The Labute approximate surface area is 114 Å². The van der Waals surface area contributed by atoms with E-state index in [1.165, 1.54) is 0 Å². The van der Waals surface area contributed by atoms with Crippen molar-refractivity contribution in [2.45, 2.75) is 38.3 Å². The number of nitrogens with zero attached hydrogens (tertiary/aromatic N) is 1. The Kier molecular flexibility index (Phi) is 4.43. The summed E-state index contributed by atoms with van der Waals surface area (Å²) in [5.41, 5.74) is 7.01. The monoisotopic (exact) mass is 262 g/mol. The highest BCUT2D eigenvalue weighted by Gasteiger charge is 2.32. The Bertz CT molecular complexity index is 448. The normalized spacial score (nSPS) is 20.4. The van der Waals surface area contributed by atoms with Gasteiger partial charge in [0, 0.05) is 6.54 Å². The van der Waals surface area contributed by atoms with Gasteiger partial charge in [-0.2, -0.15) is 0 Å². The molecule has 4 heteroatoms. The van der Waals surface area contributed by atoms with Gasteiger partial charge in [0.15, 0.2) is 0 Å². The lowest BCUT2D eigenvalue weighted by atomic mass is 10.0. The molecule has 0 aromatic heterocycles. The number of nitrogens with two attached hydrogens (primary N) is 1. The van der Waals surface area contributed by atoms with Gasteiger partial charge in [0.1, 0.15) is 5.75 Å². The maximum atomic E-state index is 12.3. The molecule has 0 radical (unpaired) electrons. The number of hydrogen-bond donors (Lipinski definition) is 1. The lowest BCUT2D eigenvalue weighted by Gasteiger charge is -2.27. The number of hydrogen-bond acceptors (Lipinski definition) is 3. The average Bonchev–Trinajstić information content (AvgIpc) is 2.95.